The second-order valence-corrected chi connectivity index (χ2v) is 8.10. The van der Waals surface area contributed by atoms with Crippen LogP contribution in [0, 0.1) is 23.5 Å². The third-order valence-corrected chi connectivity index (χ3v) is 5.93. The van der Waals surface area contributed by atoms with Gasteiger partial charge in [-0.2, -0.15) is 0 Å². The molecule has 1 aromatic carbocycles. The van der Waals surface area contributed by atoms with Gasteiger partial charge in [-0.1, -0.05) is 32.3 Å². The molecule has 3 nitrogen and oxygen atoms in total. The van der Waals surface area contributed by atoms with Crippen LogP contribution >= 0.6 is 0 Å². The Morgan fingerprint density at radius 3 is 2.54 bits per heavy atom. The minimum Gasteiger partial charge on any atom is -0.543 e. The average Bonchev–Trinajstić information content (AvgIpc) is 2.71. The predicted molar refractivity (Wildman–Crippen MR) is 111 cm³/mol. The van der Waals surface area contributed by atoms with Gasteiger partial charge in [0.1, 0.15) is 0 Å². The summed E-state index contributed by atoms with van der Waals surface area (Å²) in [5, 5.41) is 0. The van der Waals surface area contributed by atoms with E-state index in [0.29, 0.717) is 5.92 Å². The molecule has 0 N–H and O–H groups in total. The number of carbonyl (C=O) groups is 1. The number of carbonyl (C=O) groups excluding carboxylic acids is 1. The third-order valence-electron chi connectivity index (χ3n) is 5.93. The standard InChI is InChI=1S/C22H34BF2NO2/c1-2-3-6-19(22(27)28-23)7-4-5-12-26-13-10-17(11-14-26)15-18-8-9-20(24)21(25)16-18/h8-9,16-17,19H,2-7,10-15,23H2,1H3. The van der Waals surface area contributed by atoms with Crippen molar-refractivity contribution in [3.63, 3.8) is 0 Å². The first-order valence-electron chi connectivity index (χ1n) is 10.8. The summed E-state index contributed by atoms with van der Waals surface area (Å²) in [7, 11) is 1.48. The maximum Gasteiger partial charge on any atom is 0.325 e. The van der Waals surface area contributed by atoms with Gasteiger partial charge in [-0.05, 0) is 81.8 Å². The van der Waals surface area contributed by atoms with Gasteiger partial charge >= 0.3 is 8.05 Å². The summed E-state index contributed by atoms with van der Waals surface area (Å²) in [6, 6.07) is 4.25. The smallest absolute Gasteiger partial charge is 0.325 e. The van der Waals surface area contributed by atoms with E-state index < -0.39 is 11.6 Å². The SMILES string of the molecule is BOC(=O)C(CCCC)CCCCN1CCC(Cc2ccc(F)c(F)c2)CC1. The summed E-state index contributed by atoms with van der Waals surface area (Å²) in [4.78, 5) is 14.3. The van der Waals surface area contributed by atoms with Crippen molar-refractivity contribution in [1.82, 2.24) is 4.90 Å². The normalized spacial score (nSPS) is 16.8. The first-order chi connectivity index (χ1) is 13.5. The lowest BCUT2D eigenvalue weighted by molar-refractivity contribution is -0.139. The molecule has 1 aliphatic rings. The third kappa shape index (κ3) is 7.54. The number of rotatable bonds is 11. The second kappa shape index (κ2) is 12.2. The predicted octanol–water partition coefficient (Wildman–Crippen LogP) is 4.29. The van der Waals surface area contributed by atoms with Crippen molar-refractivity contribution in [2.24, 2.45) is 11.8 Å². The lowest BCUT2D eigenvalue weighted by Gasteiger charge is -2.32. The Balaban J connectivity index is 1.64. The van der Waals surface area contributed by atoms with Gasteiger partial charge in [-0.15, -0.1) is 0 Å². The van der Waals surface area contributed by atoms with Crippen LogP contribution in [0.2, 0.25) is 0 Å². The Kier molecular flexibility index (Phi) is 9.96. The molecule has 28 heavy (non-hydrogen) atoms. The summed E-state index contributed by atoms with van der Waals surface area (Å²) < 4.78 is 31.3. The van der Waals surface area contributed by atoms with Gasteiger partial charge in [-0.25, -0.2) is 8.78 Å². The largest absolute Gasteiger partial charge is 0.543 e. The highest BCUT2D eigenvalue weighted by molar-refractivity contribution is 6.05. The van der Waals surface area contributed by atoms with Gasteiger partial charge in [0, 0.05) is 0 Å². The van der Waals surface area contributed by atoms with E-state index in [9.17, 15) is 13.6 Å². The summed E-state index contributed by atoms with van der Waals surface area (Å²) in [6.07, 6.45) is 9.20. The number of likely N-dealkylation sites (tertiary alicyclic amines) is 1. The minimum absolute atomic E-state index is 0.0480. The Morgan fingerprint density at radius 1 is 1.18 bits per heavy atom. The molecule has 0 aliphatic carbocycles. The number of piperidine rings is 1. The Labute approximate surface area is 169 Å². The zero-order chi connectivity index (χ0) is 20.4. The van der Waals surface area contributed by atoms with Gasteiger partial charge in [0.05, 0.1) is 5.92 Å². The first-order valence-corrected chi connectivity index (χ1v) is 10.8. The second-order valence-electron chi connectivity index (χ2n) is 8.10. The zero-order valence-corrected chi connectivity index (χ0v) is 17.4. The van der Waals surface area contributed by atoms with E-state index in [0.717, 1.165) is 83.0 Å². The fraction of sp³-hybridized carbons (Fsp3) is 0.682. The molecule has 0 spiro atoms. The van der Waals surface area contributed by atoms with Crippen molar-refractivity contribution in [3.05, 3.63) is 35.4 Å². The maximum absolute atomic E-state index is 13.4. The van der Waals surface area contributed by atoms with Gasteiger partial charge in [-0.3, -0.25) is 4.79 Å². The highest BCUT2D eigenvalue weighted by Gasteiger charge is 2.21. The molecule has 2 rings (SSSR count). The summed E-state index contributed by atoms with van der Waals surface area (Å²) in [6.45, 7) is 5.33. The number of unbranched alkanes of at least 4 members (excludes halogenated alkanes) is 2. The molecule has 1 unspecified atom stereocenters. The molecule has 0 saturated carbocycles. The molecular weight excluding hydrogens is 359 g/mol. The van der Waals surface area contributed by atoms with E-state index in [1.54, 1.807) is 6.07 Å². The van der Waals surface area contributed by atoms with E-state index in [2.05, 4.69) is 11.8 Å². The van der Waals surface area contributed by atoms with Crippen LogP contribution in [-0.2, 0) is 15.9 Å². The Morgan fingerprint density at radius 2 is 1.89 bits per heavy atom. The molecule has 1 atom stereocenters. The van der Waals surface area contributed by atoms with Crippen LogP contribution in [0.5, 0.6) is 0 Å². The lowest BCUT2D eigenvalue weighted by atomic mass is 9.90. The molecule has 1 aromatic rings. The minimum atomic E-state index is -0.775. The van der Waals surface area contributed by atoms with Gasteiger partial charge in [0.2, 0.25) is 0 Å². The van der Waals surface area contributed by atoms with Crippen molar-refractivity contribution in [2.45, 2.75) is 64.7 Å². The van der Waals surface area contributed by atoms with Crippen LogP contribution in [0.15, 0.2) is 18.2 Å². The van der Waals surface area contributed by atoms with Crippen molar-refractivity contribution < 1.29 is 18.2 Å². The van der Waals surface area contributed by atoms with Gasteiger partial charge < -0.3 is 9.55 Å². The molecule has 1 saturated heterocycles. The van der Waals surface area contributed by atoms with Crippen LogP contribution in [-0.4, -0.2) is 38.6 Å². The van der Waals surface area contributed by atoms with Crippen LogP contribution in [0.25, 0.3) is 0 Å². The summed E-state index contributed by atoms with van der Waals surface area (Å²) >= 11 is 0. The van der Waals surface area contributed by atoms with Crippen LogP contribution < -0.4 is 0 Å². The summed E-state index contributed by atoms with van der Waals surface area (Å²) in [5.74, 6) is -1.00. The highest BCUT2D eigenvalue weighted by atomic mass is 19.2. The molecule has 1 fully saturated rings. The van der Waals surface area contributed by atoms with E-state index in [1.807, 2.05) is 0 Å². The van der Waals surface area contributed by atoms with Crippen molar-refractivity contribution in [3.8, 4) is 0 Å². The molecule has 156 valence electrons. The fourth-order valence-corrected chi connectivity index (χ4v) is 4.14. The molecular formula is C22H34BF2NO2. The molecule has 0 amide bonds. The van der Waals surface area contributed by atoms with Crippen LogP contribution in [0.3, 0.4) is 0 Å². The number of hydrogen-bond donors (Lipinski definition) is 0. The van der Waals surface area contributed by atoms with Gasteiger partial charge in [0.15, 0.2) is 11.6 Å². The number of benzene rings is 1. The van der Waals surface area contributed by atoms with E-state index in [1.165, 1.54) is 20.2 Å². The molecule has 1 aliphatic heterocycles. The topological polar surface area (TPSA) is 29.5 Å². The Hall–Kier alpha value is -1.43. The van der Waals surface area contributed by atoms with Crippen molar-refractivity contribution in [1.29, 1.82) is 0 Å². The quantitative estimate of drug-likeness (QED) is 0.415. The fourth-order valence-electron chi connectivity index (χ4n) is 4.14. The van der Waals surface area contributed by atoms with Crippen LogP contribution in [0.4, 0.5) is 8.78 Å². The first kappa shape index (κ1) is 22.9. The maximum atomic E-state index is 13.4. The van der Waals surface area contributed by atoms with Crippen LogP contribution in [0.1, 0.15) is 63.9 Å². The zero-order valence-electron chi connectivity index (χ0n) is 17.4. The molecule has 0 bridgehead atoms. The van der Waals surface area contributed by atoms with E-state index >= 15 is 0 Å². The van der Waals surface area contributed by atoms with E-state index in [4.69, 9.17) is 4.65 Å². The molecule has 0 radical (unpaired) electrons. The monoisotopic (exact) mass is 393 g/mol. The summed E-state index contributed by atoms with van der Waals surface area (Å²) in [5.41, 5.74) is 0.887. The average molecular weight is 393 g/mol. The number of halogens is 2. The lowest BCUT2D eigenvalue weighted by Crippen LogP contribution is -2.35. The molecule has 1 heterocycles. The highest BCUT2D eigenvalue weighted by Crippen LogP contribution is 2.23. The number of hydrogen-bond acceptors (Lipinski definition) is 3. The van der Waals surface area contributed by atoms with Gasteiger partial charge in [0.25, 0.3) is 5.97 Å². The molecule has 0 aromatic heterocycles. The Bertz CT molecular complexity index is 606. The number of nitrogens with zero attached hydrogens (tertiary/aromatic N) is 1. The van der Waals surface area contributed by atoms with E-state index in [-0.39, 0.29) is 11.9 Å². The molecule has 6 heteroatoms. The van der Waals surface area contributed by atoms with Crippen molar-refractivity contribution in [2.75, 3.05) is 19.6 Å². The van der Waals surface area contributed by atoms with Crippen molar-refractivity contribution >= 4 is 14.0 Å².